The minimum absolute atomic E-state index is 0.0123. The van der Waals surface area contributed by atoms with Gasteiger partial charge >= 0.3 is 12.1 Å². The average Bonchev–Trinajstić information content (AvgIpc) is 2.46. The Kier molecular flexibility index (Phi) is 7.66. The first-order chi connectivity index (χ1) is 10.7. The van der Waals surface area contributed by atoms with Crippen LogP contribution in [0.5, 0.6) is 0 Å². The lowest BCUT2D eigenvalue weighted by Gasteiger charge is -2.07. The van der Waals surface area contributed by atoms with E-state index in [1.165, 1.54) is 0 Å². The molecule has 1 aromatic rings. The van der Waals surface area contributed by atoms with Gasteiger partial charge in [-0.15, -0.1) is 0 Å². The second-order valence-corrected chi connectivity index (χ2v) is 7.28. The lowest BCUT2D eigenvalue weighted by molar-refractivity contribution is -0.169. The number of nitrogens with zero attached hydrogens (tertiary/aromatic N) is 1. The zero-order valence-corrected chi connectivity index (χ0v) is 13.4. The molecule has 0 aliphatic carbocycles. The lowest BCUT2D eigenvalue weighted by Crippen LogP contribution is -2.22. The number of rotatable bonds is 8. The van der Waals surface area contributed by atoms with Crippen molar-refractivity contribution in [2.24, 2.45) is 4.36 Å². The summed E-state index contributed by atoms with van der Waals surface area (Å²) in [5.74, 6) is -2.48. The van der Waals surface area contributed by atoms with Gasteiger partial charge in [0.05, 0.1) is 22.9 Å². The molecule has 1 amide bonds. The molecule has 0 aliphatic heterocycles. The van der Waals surface area contributed by atoms with E-state index < -0.39 is 21.8 Å². The first-order valence-electron chi connectivity index (χ1n) is 6.71. The molecule has 0 spiro atoms. The van der Waals surface area contributed by atoms with Crippen molar-refractivity contribution in [3.05, 3.63) is 35.9 Å². The molecule has 0 aromatic heterocycles. The summed E-state index contributed by atoms with van der Waals surface area (Å²) in [7, 11) is -3.22. The van der Waals surface area contributed by atoms with Gasteiger partial charge in [-0.05, 0) is 12.0 Å². The van der Waals surface area contributed by atoms with Crippen LogP contribution in [0.15, 0.2) is 34.7 Å². The molecule has 0 fully saturated rings. The van der Waals surface area contributed by atoms with Gasteiger partial charge in [0.15, 0.2) is 0 Å². The number of amides is 1. The molecule has 0 bridgehead atoms. The van der Waals surface area contributed by atoms with Crippen LogP contribution in [-0.4, -0.2) is 41.7 Å². The largest absolute Gasteiger partial charge is 0.474 e. The molecule has 130 valence electrons. The molecule has 1 atom stereocenters. The highest BCUT2D eigenvalue weighted by Gasteiger charge is 2.39. The van der Waals surface area contributed by atoms with Crippen molar-refractivity contribution in [1.29, 1.82) is 0 Å². The molecule has 0 radical (unpaired) electrons. The summed E-state index contributed by atoms with van der Waals surface area (Å²) in [5, 5.41) is 0. The van der Waals surface area contributed by atoms with Crippen LogP contribution < -0.4 is 0 Å². The maximum absolute atomic E-state index is 12.0. The minimum Gasteiger partial charge on any atom is -0.355 e. The third kappa shape index (κ3) is 8.68. The van der Waals surface area contributed by atoms with E-state index in [2.05, 4.69) is 4.36 Å². The SMILES string of the molecule is CS(=O)(CCCOCOCc1ccccc1)=NC(=O)C(F)(F)F. The zero-order valence-electron chi connectivity index (χ0n) is 12.5. The van der Waals surface area contributed by atoms with E-state index in [4.69, 9.17) is 9.47 Å². The van der Waals surface area contributed by atoms with Crippen molar-refractivity contribution in [1.82, 2.24) is 0 Å². The molecule has 23 heavy (non-hydrogen) atoms. The summed E-state index contributed by atoms with van der Waals surface area (Å²) < 4.78 is 61.0. The molecule has 0 saturated carbocycles. The van der Waals surface area contributed by atoms with Crippen LogP contribution >= 0.6 is 0 Å². The Morgan fingerprint density at radius 2 is 1.87 bits per heavy atom. The Hall–Kier alpha value is -1.45. The maximum atomic E-state index is 12.0. The van der Waals surface area contributed by atoms with Gasteiger partial charge in [0.2, 0.25) is 0 Å². The molecule has 9 heteroatoms. The number of benzene rings is 1. The maximum Gasteiger partial charge on any atom is 0.474 e. The Labute approximate surface area is 133 Å². The van der Waals surface area contributed by atoms with Gasteiger partial charge in [-0.2, -0.15) is 17.5 Å². The van der Waals surface area contributed by atoms with Crippen molar-refractivity contribution >= 4 is 15.6 Å². The van der Waals surface area contributed by atoms with E-state index in [0.717, 1.165) is 11.8 Å². The Morgan fingerprint density at radius 1 is 1.22 bits per heavy atom. The van der Waals surface area contributed by atoms with Crippen molar-refractivity contribution in [2.45, 2.75) is 19.2 Å². The summed E-state index contributed by atoms with van der Waals surface area (Å²) >= 11 is 0. The van der Waals surface area contributed by atoms with Gasteiger partial charge in [-0.25, -0.2) is 4.21 Å². The standard InChI is InChI=1S/C14H18F3NO4S/c1-23(20,18-13(19)14(15,16)17)9-5-8-21-11-22-10-12-6-3-2-4-7-12/h2-4,6-7H,5,8-11H2,1H3. The normalized spacial score (nSPS) is 14.3. The number of carbonyl (C=O) groups excluding carboxylic acids is 1. The summed E-state index contributed by atoms with van der Waals surface area (Å²) in [6.07, 6.45) is -3.87. The van der Waals surface area contributed by atoms with Gasteiger partial charge in [0.1, 0.15) is 6.79 Å². The molecule has 0 N–H and O–H groups in total. The summed E-state index contributed by atoms with van der Waals surface area (Å²) in [5.41, 5.74) is 0.983. The molecule has 5 nitrogen and oxygen atoms in total. The first-order valence-corrected chi connectivity index (χ1v) is 8.80. The number of hydrogen-bond acceptors (Lipinski definition) is 4. The molecule has 1 unspecified atom stereocenters. The predicted molar refractivity (Wildman–Crippen MR) is 79.1 cm³/mol. The number of halogens is 3. The number of carbonyl (C=O) groups is 1. The van der Waals surface area contributed by atoms with Gasteiger partial charge in [-0.1, -0.05) is 30.3 Å². The summed E-state index contributed by atoms with van der Waals surface area (Å²) in [4.78, 5) is 10.7. The highest BCUT2D eigenvalue weighted by molar-refractivity contribution is 7.93. The molecule has 0 heterocycles. The van der Waals surface area contributed by atoms with Crippen LogP contribution in [0.4, 0.5) is 13.2 Å². The van der Waals surface area contributed by atoms with Crippen molar-refractivity contribution in [2.75, 3.05) is 25.4 Å². The molecule has 1 rings (SSSR count). The Morgan fingerprint density at radius 3 is 2.48 bits per heavy atom. The Balaban J connectivity index is 2.20. The van der Waals surface area contributed by atoms with E-state index in [-0.39, 0.29) is 25.6 Å². The number of ether oxygens (including phenoxy) is 2. The van der Waals surface area contributed by atoms with Gasteiger partial charge < -0.3 is 9.47 Å². The van der Waals surface area contributed by atoms with Crippen LogP contribution in [-0.2, 0) is 30.6 Å². The lowest BCUT2D eigenvalue weighted by atomic mass is 10.2. The predicted octanol–water partition coefficient (Wildman–Crippen LogP) is 2.75. The van der Waals surface area contributed by atoms with Crippen molar-refractivity contribution < 1.29 is 31.6 Å². The second kappa shape index (κ2) is 8.99. The fraction of sp³-hybridized carbons (Fsp3) is 0.500. The highest BCUT2D eigenvalue weighted by atomic mass is 32.2. The molecule has 1 aromatic carbocycles. The first kappa shape index (κ1) is 19.6. The molecular weight excluding hydrogens is 335 g/mol. The van der Waals surface area contributed by atoms with Crippen LogP contribution in [0, 0.1) is 0 Å². The third-order valence-corrected chi connectivity index (χ3v) is 4.21. The fourth-order valence-corrected chi connectivity index (χ4v) is 2.75. The number of alkyl halides is 3. The van der Waals surface area contributed by atoms with Crippen LogP contribution in [0.1, 0.15) is 12.0 Å². The quantitative estimate of drug-likeness (QED) is 0.532. The third-order valence-electron chi connectivity index (χ3n) is 2.61. The monoisotopic (exact) mass is 353 g/mol. The Bertz CT molecular complexity index is 610. The van der Waals surface area contributed by atoms with Crippen molar-refractivity contribution in [3.8, 4) is 0 Å². The van der Waals surface area contributed by atoms with E-state index in [1.54, 1.807) is 0 Å². The number of hydrogen-bond donors (Lipinski definition) is 0. The summed E-state index contributed by atoms with van der Waals surface area (Å²) in [6, 6.07) is 9.43. The second-order valence-electron chi connectivity index (χ2n) is 4.77. The average molecular weight is 353 g/mol. The fourth-order valence-electron chi connectivity index (χ4n) is 1.55. The van der Waals surface area contributed by atoms with Gasteiger partial charge in [-0.3, -0.25) is 4.79 Å². The zero-order chi connectivity index (χ0) is 17.3. The van der Waals surface area contributed by atoms with Gasteiger partial charge in [0.25, 0.3) is 0 Å². The molecular formula is C14H18F3NO4S. The smallest absolute Gasteiger partial charge is 0.355 e. The van der Waals surface area contributed by atoms with Crippen molar-refractivity contribution in [3.63, 3.8) is 0 Å². The summed E-state index contributed by atoms with van der Waals surface area (Å²) in [6.45, 7) is 0.536. The van der Waals surface area contributed by atoms with Crippen LogP contribution in [0.25, 0.3) is 0 Å². The molecule has 0 aliphatic rings. The van der Waals surface area contributed by atoms with E-state index in [9.17, 15) is 22.2 Å². The van der Waals surface area contributed by atoms with Crippen LogP contribution in [0.3, 0.4) is 0 Å². The van der Waals surface area contributed by atoms with Gasteiger partial charge in [0, 0.05) is 12.0 Å². The highest BCUT2D eigenvalue weighted by Crippen LogP contribution is 2.17. The minimum atomic E-state index is -5.10. The topological polar surface area (TPSA) is 65.0 Å². The van der Waals surface area contributed by atoms with E-state index >= 15 is 0 Å². The van der Waals surface area contributed by atoms with E-state index in [1.807, 2.05) is 30.3 Å². The van der Waals surface area contributed by atoms with Crippen LogP contribution in [0.2, 0.25) is 0 Å². The van der Waals surface area contributed by atoms with E-state index in [0.29, 0.717) is 6.61 Å². The molecule has 0 saturated heterocycles.